The SMILES string of the molecule is O=c1c(O[C@H]2O[C@@H](CO)[C@H](O)[C@H](O)[C@@H]2O[C@H]2OC[C@H](O)[C@H](O)[C@@H]2O)c(-c2ccc(O)cc2)oc2cc(O)cc(O)c12. The minimum absolute atomic E-state index is 0.111. The van der Waals surface area contributed by atoms with Crippen LogP contribution in [0.25, 0.3) is 22.3 Å². The van der Waals surface area contributed by atoms with E-state index < -0.39 is 96.6 Å². The van der Waals surface area contributed by atoms with Gasteiger partial charge in [0.1, 0.15) is 64.8 Å². The van der Waals surface area contributed by atoms with Crippen LogP contribution in [0.5, 0.6) is 23.0 Å². The average Bonchev–Trinajstić information content (AvgIpc) is 2.93. The Labute approximate surface area is 230 Å². The predicted molar refractivity (Wildman–Crippen MR) is 134 cm³/mol. The Kier molecular flexibility index (Phi) is 8.06. The van der Waals surface area contributed by atoms with E-state index in [9.17, 15) is 50.8 Å². The second-order valence-electron chi connectivity index (χ2n) is 9.65. The maximum Gasteiger partial charge on any atom is 0.239 e. The number of hydrogen-bond donors (Lipinski definition) is 9. The average molecular weight is 580 g/mol. The second-order valence-corrected chi connectivity index (χ2v) is 9.65. The first-order valence-corrected chi connectivity index (χ1v) is 12.4. The van der Waals surface area contributed by atoms with Crippen molar-refractivity contribution in [2.24, 2.45) is 0 Å². The molecule has 3 aromatic rings. The molecule has 2 aliphatic rings. The molecular weight excluding hydrogens is 552 g/mol. The summed E-state index contributed by atoms with van der Waals surface area (Å²) in [6, 6.07) is 7.30. The lowest BCUT2D eigenvalue weighted by Gasteiger charge is -2.44. The van der Waals surface area contributed by atoms with Crippen molar-refractivity contribution in [2.75, 3.05) is 13.2 Å². The number of phenolic OH excluding ortho intramolecular Hbond substituents is 3. The first-order valence-electron chi connectivity index (χ1n) is 12.4. The van der Waals surface area contributed by atoms with Crippen LogP contribution in [0, 0.1) is 0 Å². The normalized spacial score (nSPS) is 32.2. The zero-order valence-corrected chi connectivity index (χ0v) is 21.0. The van der Waals surface area contributed by atoms with E-state index in [0.717, 1.165) is 12.1 Å². The summed E-state index contributed by atoms with van der Waals surface area (Å²) in [6.45, 7) is -1.25. The number of aliphatic hydroxyl groups excluding tert-OH is 6. The van der Waals surface area contributed by atoms with Gasteiger partial charge < -0.3 is 69.3 Å². The van der Waals surface area contributed by atoms with Crippen LogP contribution >= 0.6 is 0 Å². The molecule has 41 heavy (non-hydrogen) atoms. The van der Waals surface area contributed by atoms with Crippen molar-refractivity contribution in [3.8, 4) is 34.3 Å². The number of aromatic hydroxyl groups is 3. The predicted octanol–water partition coefficient (Wildman–Crippen LogP) is -1.78. The number of aliphatic hydroxyl groups is 6. The number of fused-ring (bicyclic) bond motifs is 1. The van der Waals surface area contributed by atoms with Crippen molar-refractivity contribution in [1.29, 1.82) is 0 Å². The molecule has 0 radical (unpaired) electrons. The lowest BCUT2D eigenvalue weighted by molar-refractivity contribution is -0.345. The molecule has 0 bridgehead atoms. The van der Waals surface area contributed by atoms with E-state index in [-0.39, 0.29) is 22.7 Å². The second kappa shape index (κ2) is 11.4. The van der Waals surface area contributed by atoms with E-state index in [1.165, 1.54) is 24.3 Å². The molecule has 0 unspecified atom stereocenters. The lowest BCUT2D eigenvalue weighted by atomic mass is 9.98. The van der Waals surface area contributed by atoms with Gasteiger partial charge in [-0.05, 0) is 24.3 Å². The van der Waals surface area contributed by atoms with E-state index in [2.05, 4.69) is 0 Å². The molecule has 2 aromatic carbocycles. The van der Waals surface area contributed by atoms with Crippen LogP contribution < -0.4 is 10.2 Å². The third-order valence-corrected chi connectivity index (χ3v) is 6.85. The molecule has 15 heteroatoms. The molecule has 1 aromatic heterocycles. The summed E-state index contributed by atoms with van der Waals surface area (Å²) in [5.41, 5.74) is -0.992. The summed E-state index contributed by atoms with van der Waals surface area (Å²) in [5, 5.41) is 90.8. The lowest BCUT2D eigenvalue weighted by Crippen LogP contribution is -2.64. The highest BCUT2D eigenvalue weighted by atomic mass is 16.8. The minimum atomic E-state index is -1.86. The van der Waals surface area contributed by atoms with Gasteiger partial charge >= 0.3 is 0 Å². The Morgan fingerprint density at radius 2 is 1.56 bits per heavy atom. The van der Waals surface area contributed by atoms with Crippen molar-refractivity contribution in [2.45, 2.75) is 55.3 Å². The van der Waals surface area contributed by atoms with Crippen LogP contribution in [0.2, 0.25) is 0 Å². The fraction of sp³-hybridized carbons (Fsp3) is 0.423. The number of hydrogen-bond acceptors (Lipinski definition) is 15. The van der Waals surface area contributed by atoms with Crippen molar-refractivity contribution >= 4 is 11.0 Å². The van der Waals surface area contributed by atoms with E-state index in [1.807, 2.05) is 0 Å². The summed E-state index contributed by atoms with van der Waals surface area (Å²) in [6.07, 6.45) is -15.1. The highest BCUT2D eigenvalue weighted by molar-refractivity contribution is 5.88. The van der Waals surface area contributed by atoms with E-state index in [0.29, 0.717) is 0 Å². The van der Waals surface area contributed by atoms with Crippen molar-refractivity contribution in [1.82, 2.24) is 0 Å². The minimum Gasteiger partial charge on any atom is -0.508 e. The molecular formula is C26H28O15. The molecule has 2 saturated heterocycles. The molecule has 222 valence electrons. The Bertz CT molecular complexity index is 1440. The zero-order chi connectivity index (χ0) is 29.6. The fourth-order valence-corrected chi connectivity index (χ4v) is 4.64. The van der Waals surface area contributed by atoms with E-state index >= 15 is 0 Å². The van der Waals surface area contributed by atoms with E-state index in [1.54, 1.807) is 0 Å². The van der Waals surface area contributed by atoms with Crippen LogP contribution in [-0.2, 0) is 14.2 Å². The first kappa shape index (κ1) is 29.0. The third-order valence-electron chi connectivity index (χ3n) is 6.85. The largest absolute Gasteiger partial charge is 0.508 e. The van der Waals surface area contributed by atoms with Crippen molar-refractivity contribution in [3.05, 3.63) is 46.6 Å². The molecule has 15 nitrogen and oxygen atoms in total. The van der Waals surface area contributed by atoms with Gasteiger partial charge in [0, 0.05) is 17.7 Å². The van der Waals surface area contributed by atoms with Crippen molar-refractivity contribution in [3.63, 3.8) is 0 Å². The molecule has 9 atom stereocenters. The summed E-state index contributed by atoms with van der Waals surface area (Å²) >= 11 is 0. The van der Waals surface area contributed by atoms with Crippen LogP contribution in [0.1, 0.15) is 0 Å². The molecule has 0 amide bonds. The van der Waals surface area contributed by atoms with Crippen LogP contribution in [0.15, 0.2) is 45.6 Å². The first-order chi connectivity index (χ1) is 19.5. The summed E-state index contributed by atoms with van der Waals surface area (Å²) in [4.78, 5) is 13.7. The Hall–Kier alpha value is -3.51. The standard InChI is InChI=1S/C26H28O15/c27-7-15-18(33)20(35)24(41-25-21(36)17(32)13(31)8-37-25)26(39-15)40-23-19(34)16-12(30)5-11(29)6-14(16)38-22(23)9-1-3-10(28)4-2-9/h1-6,13,15,17-18,20-21,24-33,35-36H,7-8H2/t13-,15-,17-,18-,20-,21-,24-,25+,26+/m0/s1. The van der Waals surface area contributed by atoms with Gasteiger partial charge in [0.25, 0.3) is 0 Å². The Morgan fingerprint density at radius 3 is 2.24 bits per heavy atom. The van der Waals surface area contributed by atoms with Gasteiger partial charge in [-0.2, -0.15) is 0 Å². The molecule has 9 N–H and O–H groups in total. The Balaban J connectivity index is 1.60. The summed E-state index contributed by atoms with van der Waals surface area (Å²) in [5.74, 6) is -2.02. The van der Waals surface area contributed by atoms with Gasteiger partial charge in [-0.3, -0.25) is 4.79 Å². The summed E-state index contributed by atoms with van der Waals surface area (Å²) < 4.78 is 28.1. The molecule has 0 saturated carbocycles. The molecule has 5 rings (SSSR count). The number of ether oxygens (including phenoxy) is 4. The summed E-state index contributed by atoms with van der Waals surface area (Å²) in [7, 11) is 0. The number of benzene rings is 2. The van der Waals surface area contributed by atoms with Crippen LogP contribution in [0.3, 0.4) is 0 Å². The van der Waals surface area contributed by atoms with Gasteiger partial charge in [0.05, 0.1) is 13.2 Å². The van der Waals surface area contributed by atoms with Gasteiger partial charge in [0.15, 0.2) is 18.2 Å². The number of phenols is 3. The van der Waals surface area contributed by atoms with Crippen molar-refractivity contribution < 1.29 is 69.3 Å². The smallest absolute Gasteiger partial charge is 0.239 e. The highest BCUT2D eigenvalue weighted by Crippen LogP contribution is 2.38. The number of rotatable bonds is 6. The molecule has 3 heterocycles. The monoisotopic (exact) mass is 580 g/mol. The fourth-order valence-electron chi connectivity index (χ4n) is 4.64. The molecule has 2 fully saturated rings. The van der Waals surface area contributed by atoms with Gasteiger partial charge in [-0.25, -0.2) is 0 Å². The van der Waals surface area contributed by atoms with Crippen LogP contribution in [0.4, 0.5) is 0 Å². The topological polar surface area (TPSA) is 249 Å². The quantitative estimate of drug-likeness (QED) is 0.156. The Morgan fingerprint density at radius 1 is 0.854 bits per heavy atom. The maximum atomic E-state index is 13.7. The van der Waals surface area contributed by atoms with Gasteiger partial charge in [0.2, 0.25) is 17.5 Å². The zero-order valence-electron chi connectivity index (χ0n) is 21.0. The molecule has 0 spiro atoms. The van der Waals surface area contributed by atoms with E-state index in [4.69, 9.17) is 23.4 Å². The highest BCUT2D eigenvalue weighted by Gasteiger charge is 2.50. The molecule has 2 aliphatic heterocycles. The van der Waals surface area contributed by atoms with Gasteiger partial charge in [-0.15, -0.1) is 0 Å². The van der Waals surface area contributed by atoms with Gasteiger partial charge in [-0.1, -0.05) is 0 Å². The third kappa shape index (κ3) is 5.42. The maximum absolute atomic E-state index is 13.7. The molecule has 0 aliphatic carbocycles. The van der Waals surface area contributed by atoms with Crippen LogP contribution in [-0.4, -0.2) is 114 Å².